The van der Waals surface area contributed by atoms with Crippen LogP contribution in [0.2, 0.25) is 0 Å². The summed E-state index contributed by atoms with van der Waals surface area (Å²) < 4.78 is 0. The van der Waals surface area contributed by atoms with Crippen LogP contribution in [-0.4, -0.2) is 12.5 Å². The molecule has 0 aliphatic rings. The van der Waals surface area contributed by atoms with Gasteiger partial charge >= 0.3 is 0 Å². The van der Waals surface area contributed by atoms with Gasteiger partial charge in [0.2, 0.25) is 5.91 Å². The lowest BCUT2D eigenvalue weighted by Gasteiger charge is -2.07. The maximum absolute atomic E-state index is 10.9. The van der Waals surface area contributed by atoms with E-state index in [-0.39, 0.29) is 5.91 Å². The molecule has 1 aromatic rings. The van der Waals surface area contributed by atoms with Crippen LogP contribution in [0.1, 0.15) is 29.8 Å². The van der Waals surface area contributed by atoms with Gasteiger partial charge in [-0.15, -0.1) is 0 Å². The van der Waals surface area contributed by atoms with Gasteiger partial charge in [-0.1, -0.05) is 26.0 Å². The summed E-state index contributed by atoms with van der Waals surface area (Å²) in [7, 11) is 0. The minimum absolute atomic E-state index is 0.374. The van der Waals surface area contributed by atoms with Gasteiger partial charge in [0.15, 0.2) is 0 Å². The molecule has 0 aliphatic heterocycles. The Balaban J connectivity index is 2.54. The van der Waals surface area contributed by atoms with Gasteiger partial charge in [-0.25, -0.2) is 0 Å². The third kappa shape index (κ3) is 4.13. The van der Waals surface area contributed by atoms with Gasteiger partial charge in [-0.2, -0.15) is 0 Å². The third-order valence-corrected chi connectivity index (χ3v) is 2.09. The Morgan fingerprint density at radius 2 is 2.20 bits per heavy atom. The largest absolute Gasteiger partial charge is 0.366 e. The van der Waals surface area contributed by atoms with Crippen molar-refractivity contribution >= 4 is 5.91 Å². The molecule has 0 saturated heterocycles. The molecule has 0 aromatic heterocycles. The van der Waals surface area contributed by atoms with Crippen LogP contribution in [0, 0.1) is 5.92 Å². The highest BCUT2D eigenvalue weighted by Gasteiger charge is 2.01. The van der Waals surface area contributed by atoms with Gasteiger partial charge in [0.05, 0.1) is 0 Å². The molecule has 15 heavy (non-hydrogen) atoms. The highest BCUT2D eigenvalue weighted by molar-refractivity contribution is 5.92. The molecule has 3 nitrogen and oxygen atoms in total. The van der Waals surface area contributed by atoms with E-state index >= 15 is 0 Å². The van der Waals surface area contributed by atoms with E-state index in [1.165, 1.54) is 0 Å². The fourth-order valence-electron chi connectivity index (χ4n) is 1.34. The second-order valence-corrected chi connectivity index (χ2v) is 4.09. The molecule has 0 radical (unpaired) electrons. The molecule has 0 atom stereocenters. The van der Waals surface area contributed by atoms with Crippen LogP contribution >= 0.6 is 0 Å². The molecule has 0 unspecified atom stereocenters. The van der Waals surface area contributed by atoms with Crippen molar-refractivity contribution in [2.45, 2.75) is 20.4 Å². The first-order chi connectivity index (χ1) is 7.09. The fourth-order valence-corrected chi connectivity index (χ4v) is 1.34. The highest BCUT2D eigenvalue weighted by Crippen LogP contribution is 2.04. The number of benzene rings is 1. The maximum atomic E-state index is 10.9. The quantitative estimate of drug-likeness (QED) is 0.767. The first kappa shape index (κ1) is 11.7. The summed E-state index contributed by atoms with van der Waals surface area (Å²) in [6.45, 7) is 6.07. The lowest BCUT2D eigenvalue weighted by Crippen LogP contribution is -2.19. The molecule has 82 valence electrons. The van der Waals surface area contributed by atoms with Gasteiger partial charge in [-0.3, -0.25) is 4.79 Å². The van der Waals surface area contributed by atoms with E-state index in [1.54, 1.807) is 6.07 Å². The summed E-state index contributed by atoms with van der Waals surface area (Å²) in [5.41, 5.74) is 6.86. The molecular weight excluding hydrogens is 188 g/mol. The van der Waals surface area contributed by atoms with Crippen molar-refractivity contribution < 1.29 is 4.79 Å². The maximum Gasteiger partial charge on any atom is 0.248 e. The minimum Gasteiger partial charge on any atom is -0.366 e. The Hall–Kier alpha value is -1.35. The van der Waals surface area contributed by atoms with Crippen LogP contribution in [0.4, 0.5) is 0 Å². The van der Waals surface area contributed by atoms with Crippen molar-refractivity contribution in [3.8, 4) is 0 Å². The van der Waals surface area contributed by atoms with E-state index in [0.717, 1.165) is 18.7 Å². The standard InChI is InChI=1S/C12H18N2O/c1-9(2)7-14-8-10-4-3-5-11(6-10)12(13)15/h3-6,9,14H,7-8H2,1-2H3,(H2,13,15). The average Bonchev–Trinajstić information content (AvgIpc) is 2.17. The first-order valence-electron chi connectivity index (χ1n) is 5.19. The van der Waals surface area contributed by atoms with Crippen molar-refractivity contribution in [3.63, 3.8) is 0 Å². The van der Waals surface area contributed by atoms with Crippen molar-refractivity contribution in [2.75, 3.05) is 6.54 Å². The Bertz CT molecular complexity index is 334. The van der Waals surface area contributed by atoms with Crippen molar-refractivity contribution in [3.05, 3.63) is 35.4 Å². The smallest absolute Gasteiger partial charge is 0.248 e. The van der Waals surface area contributed by atoms with Crippen LogP contribution in [-0.2, 0) is 6.54 Å². The molecule has 3 N–H and O–H groups in total. The fraction of sp³-hybridized carbons (Fsp3) is 0.417. The molecular formula is C12H18N2O. The molecule has 1 aromatic carbocycles. The number of hydrogen-bond acceptors (Lipinski definition) is 2. The van der Waals surface area contributed by atoms with Crippen LogP contribution < -0.4 is 11.1 Å². The zero-order valence-electron chi connectivity index (χ0n) is 9.29. The summed E-state index contributed by atoms with van der Waals surface area (Å²) in [6, 6.07) is 7.40. The number of rotatable bonds is 5. The van der Waals surface area contributed by atoms with Crippen LogP contribution in [0.25, 0.3) is 0 Å². The first-order valence-corrected chi connectivity index (χ1v) is 5.19. The van der Waals surface area contributed by atoms with E-state index in [0.29, 0.717) is 11.5 Å². The molecule has 0 aliphatic carbocycles. The summed E-state index contributed by atoms with van der Waals surface area (Å²) in [5, 5.41) is 3.32. The summed E-state index contributed by atoms with van der Waals surface area (Å²) in [6.07, 6.45) is 0. The summed E-state index contributed by atoms with van der Waals surface area (Å²) in [5.74, 6) is 0.255. The average molecular weight is 206 g/mol. The monoisotopic (exact) mass is 206 g/mol. The number of carbonyl (C=O) groups is 1. The molecule has 0 spiro atoms. The lowest BCUT2D eigenvalue weighted by molar-refractivity contribution is 0.1000. The Morgan fingerprint density at radius 1 is 1.47 bits per heavy atom. The van der Waals surface area contributed by atoms with Gasteiger partial charge in [0.25, 0.3) is 0 Å². The van der Waals surface area contributed by atoms with Crippen molar-refractivity contribution in [1.82, 2.24) is 5.32 Å². The minimum atomic E-state index is -0.374. The molecule has 0 heterocycles. The van der Waals surface area contributed by atoms with E-state index in [1.807, 2.05) is 18.2 Å². The number of hydrogen-bond donors (Lipinski definition) is 2. The molecule has 1 amide bonds. The third-order valence-electron chi connectivity index (χ3n) is 2.09. The number of carbonyl (C=O) groups excluding carboxylic acids is 1. The Labute approximate surface area is 90.7 Å². The van der Waals surface area contributed by atoms with Crippen LogP contribution in [0.3, 0.4) is 0 Å². The predicted molar refractivity (Wildman–Crippen MR) is 61.5 cm³/mol. The van der Waals surface area contributed by atoms with Gasteiger partial charge in [-0.05, 0) is 30.2 Å². The molecule has 0 fully saturated rings. The summed E-state index contributed by atoms with van der Waals surface area (Å²) in [4.78, 5) is 10.9. The number of nitrogens with two attached hydrogens (primary N) is 1. The molecule has 3 heteroatoms. The molecule has 1 rings (SSSR count). The second kappa shape index (κ2) is 5.51. The zero-order chi connectivity index (χ0) is 11.3. The van der Waals surface area contributed by atoms with Crippen molar-refractivity contribution in [1.29, 1.82) is 0 Å². The topological polar surface area (TPSA) is 55.1 Å². The van der Waals surface area contributed by atoms with E-state index in [4.69, 9.17) is 5.73 Å². The molecule has 0 saturated carbocycles. The second-order valence-electron chi connectivity index (χ2n) is 4.09. The lowest BCUT2D eigenvalue weighted by atomic mass is 10.1. The van der Waals surface area contributed by atoms with Crippen LogP contribution in [0.15, 0.2) is 24.3 Å². The normalized spacial score (nSPS) is 10.6. The van der Waals surface area contributed by atoms with Crippen LogP contribution in [0.5, 0.6) is 0 Å². The number of nitrogens with one attached hydrogen (secondary N) is 1. The van der Waals surface area contributed by atoms with E-state index < -0.39 is 0 Å². The Kier molecular flexibility index (Phi) is 4.31. The van der Waals surface area contributed by atoms with E-state index in [2.05, 4.69) is 19.2 Å². The Morgan fingerprint density at radius 3 is 2.80 bits per heavy atom. The van der Waals surface area contributed by atoms with Gasteiger partial charge in [0, 0.05) is 12.1 Å². The predicted octanol–water partition coefficient (Wildman–Crippen LogP) is 1.53. The molecule has 0 bridgehead atoms. The SMILES string of the molecule is CC(C)CNCc1cccc(C(N)=O)c1. The van der Waals surface area contributed by atoms with Gasteiger partial charge < -0.3 is 11.1 Å². The van der Waals surface area contributed by atoms with Gasteiger partial charge in [0.1, 0.15) is 0 Å². The number of primary amides is 1. The highest BCUT2D eigenvalue weighted by atomic mass is 16.1. The van der Waals surface area contributed by atoms with Crippen molar-refractivity contribution in [2.24, 2.45) is 11.7 Å². The van der Waals surface area contributed by atoms with E-state index in [9.17, 15) is 4.79 Å². The summed E-state index contributed by atoms with van der Waals surface area (Å²) >= 11 is 0. The zero-order valence-corrected chi connectivity index (χ0v) is 9.29. The number of amides is 1.